The molecule has 0 aromatic heterocycles. The minimum atomic E-state index is -0.353. The molecular weight excluding hydrogens is 236 g/mol. The van der Waals surface area contributed by atoms with E-state index in [4.69, 9.17) is 20.7 Å². The zero-order valence-corrected chi connectivity index (χ0v) is 9.90. The van der Waals surface area contributed by atoms with E-state index in [1.807, 2.05) is 12.1 Å². The Morgan fingerprint density at radius 2 is 2.06 bits per heavy atom. The van der Waals surface area contributed by atoms with Crippen molar-refractivity contribution in [3.63, 3.8) is 0 Å². The van der Waals surface area contributed by atoms with Crippen LogP contribution in [0.2, 0.25) is 0 Å². The van der Waals surface area contributed by atoms with Gasteiger partial charge in [0.25, 0.3) is 0 Å². The van der Waals surface area contributed by atoms with E-state index in [2.05, 4.69) is 4.74 Å². The Kier molecular flexibility index (Phi) is 5.01. The van der Waals surface area contributed by atoms with E-state index in [9.17, 15) is 4.79 Å². The third-order valence-corrected chi connectivity index (χ3v) is 1.99. The number of carbonyl (C=O) groups is 1. The molecule has 96 valence electrons. The van der Waals surface area contributed by atoms with Crippen molar-refractivity contribution in [1.29, 1.82) is 10.8 Å². The zero-order chi connectivity index (χ0) is 13.5. The van der Waals surface area contributed by atoms with Crippen LogP contribution in [0.4, 0.5) is 0 Å². The van der Waals surface area contributed by atoms with Crippen molar-refractivity contribution in [3.05, 3.63) is 29.8 Å². The standard InChI is InChI=1S/C8H6N2O.C4H8O3/c9-7-5-3-1-2-4-6(5)11-8(7)10;1-4(6)7-3-2-5/h1-4,9-10H;5H,2-3H2,1H3. The van der Waals surface area contributed by atoms with Gasteiger partial charge in [0.15, 0.2) is 0 Å². The molecule has 1 heterocycles. The summed E-state index contributed by atoms with van der Waals surface area (Å²) >= 11 is 0. The van der Waals surface area contributed by atoms with Crippen molar-refractivity contribution in [1.82, 2.24) is 0 Å². The topological polar surface area (TPSA) is 103 Å². The van der Waals surface area contributed by atoms with Crippen molar-refractivity contribution in [3.8, 4) is 5.75 Å². The number of ether oxygens (including phenoxy) is 2. The van der Waals surface area contributed by atoms with Gasteiger partial charge in [-0.2, -0.15) is 0 Å². The molecule has 0 bridgehead atoms. The summed E-state index contributed by atoms with van der Waals surface area (Å²) in [7, 11) is 0. The van der Waals surface area contributed by atoms with E-state index in [0.29, 0.717) is 11.3 Å². The molecule has 2 rings (SSSR count). The van der Waals surface area contributed by atoms with Crippen LogP contribution in [-0.2, 0) is 9.53 Å². The van der Waals surface area contributed by atoms with E-state index in [1.165, 1.54) is 6.92 Å². The second kappa shape index (κ2) is 6.51. The van der Waals surface area contributed by atoms with E-state index in [0.717, 1.165) is 0 Å². The molecule has 0 spiro atoms. The van der Waals surface area contributed by atoms with E-state index < -0.39 is 0 Å². The van der Waals surface area contributed by atoms with Gasteiger partial charge in [0.05, 0.1) is 6.61 Å². The maximum Gasteiger partial charge on any atom is 0.302 e. The van der Waals surface area contributed by atoms with Gasteiger partial charge in [-0.15, -0.1) is 0 Å². The zero-order valence-electron chi connectivity index (χ0n) is 9.90. The molecule has 1 aromatic rings. The Labute approximate surface area is 104 Å². The lowest BCUT2D eigenvalue weighted by molar-refractivity contribution is -0.141. The maximum atomic E-state index is 9.87. The molecule has 0 aliphatic carbocycles. The fourth-order valence-electron chi connectivity index (χ4n) is 1.23. The lowest BCUT2D eigenvalue weighted by Crippen LogP contribution is -2.09. The Balaban J connectivity index is 0.000000203. The number of fused-ring (bicyclic) bond motifs is 1. The van der Waals surface area contributed by atoms with Crippen molar-refractivity contribution < 1.29 is 19.4 Å². The number of para-hydroxylation sites is 1. The van der Waals surface area contributed by atoms with Gasteiger partial charge in [-0.25, -0.2) is 0 Å². The lowest BCUT2D eigenvalue weighted by Gasteiger charge is -1.93. The van der Waals surface area contributed by atoms with Gasteiger partial charge in [0.2, 0.25) is 5.90 Å². The average Bonchev–Trinajstić information content (AvgIpc) is 2.64. The number of aliphatic hydroxyl groups excluding tert-OH is 1. The summed E-state index contributed by atoms with van der Waals surface area (Å²) in [5.41, 5.74) is 0.873. The molecule has 1 aromatic carbocycles. The van der Waals surface area contributed by atoms with Crippen molar-refractivity contribution in [2.24, 2.45) is 0 Å². The summed E-state index contributed by atoms with van der Waals surface area (Å²) in [4.78, 5) is 9.87. The fourth-order valence-corrected chi connectivity index (χ4v) is 1.23. The molecule has 0 atom stereocenters. The number of hydrogen-bond donors (Lipinski definition) is 3. The van der Waals surface area contributed by atoms with Crippen molar-refractivity contribution in [2.75, 3.05) is 13.2 Å². The summed E-state index contributed by atoms with van der Waals surface area (Å²) in [5.74, 6) is 0.197. The average molecular weight is 250 g/mol. The van der Waals surface area contributed by atoms with Crippen molar-refractivity contribution >= 4 is 17.6 Å². The highest BCUT2D eigenvalue weighted by Crippen LogP contribution is 2.24. The monoisotopic (exact) mass is 250 g/mol. The van der Waals surface area contributed by atoms with E-state index in [-0.39, 0.29) is 30.8 Å². The van der Waals surface area contributed by atoms with Crippen LogP contribution in [0.5, 0.6) is 5.75 Å². The number of aliphatic hydroxyl groups is 1. The summed E-state index contributed by atoms with van der Waals surface area (Å²) in [5, 5.41) is 22.6. The third kappa shape index (κ3) is 3.67. The van der Waals surface area contributed by atoms with Crippen LogP contribution in [-0.4, -0.2) is 35.9 Å². The molecule has 6 heteroatoms. The quantitative estimate of drug-likeness (QED) is 0.680. The Hall–Kier alpha value is -2.21. The van der Waals surface area contributed by atoms with Crippen LogP contribution >= 0.6 is 0 Å². The molecule has 0 amide bonds. The van der Waals surface area contributed by atoms with Crippen LogP contribution in [0.25, 0.3) is 0 Å². The number of hydrogen-bond acceptors (Lipinski definition) is 6. The number of nitrogens with one attached hydrogen (secondary N) is 2. The Morgan fingerprint density at radius 3 is 2.56 bits per heavy atom. The minimum absolute atomic E-state index is 0.0637. The second-order valence-corrected chi connectivity index (χ2v) is 3.37. The number of esters is 1. The molecule has 0 radical (unpaired) electrons. The first-order valence-corrected chi connectivity index (χ1v) is 5.25. The van der Waals surface area contributed by atoms with Gasteiger partial charge in [-0.1, -0.05) is 12.1 Å². The molecular formula is C12H14N2O4. The van der Waals surface area contributed by atoms with Gasteiger partial charge in [0, 0.05) is 12.5 Å². The first kappa shape index (κ1) is 13.9. The molecule has 0 fully saturated rings. The highest BCUT2D eigenvalue weighted by Gasteiger charge is 2.22. The van der Waals surface area contributed by atoms with E-state index >= 15 is 0 Å². The van der Waals surface area contributed by atoms with Gasteiger partial charge in [0.1, 0.15) is 18.1 Å². The fraction of sp³-hybridized carbons (Fsp3) is 0.250. The minimum Gasteiger partial charge on any atom is -0.463 e. The number of rotatable bonds is 2. The molecule has 0 saturated heterocycles. The number of carbonyl (C=O) groups excluding carboxylic acids is 1. The first-order chi connectivity index (χ1) is 8.56. The maximum absolute atomic E-state index is 9.87. The third-order valence-electron chi connectivity index (χ3n) is 1.99. The molecule has 3 N–H and O–H groups in total. The van der Waals surface area contributed by atoms with Crippen LogP contribution in [0.3, 0.4) is 0 Å². The van der Waals surface area contributed by atoms with Gasteiger partial charge in [-0.05, 0) is 12.1 Å². The largest absolute Gasteiger partial charge is 0.463 e. The summed E-state index contributed by atoms with van der Waals surface area (Å²) in [6.45, 7) is 1.31. The molecule has 18 heavy (non-hydrogen) atoms. The Morgan fingerprint density at radius 1 is 1.39 bits per heavy atom. The van der Waals surface area contributed by atoms with Gasteiger partial charge in [-0.3, -0.25) is 15.6 Å². The number of benzene rings is 1. The van der Waals surface area contributed by atoms with E-state index in [1.54, 1.807) is 12.1 Å². The lowest BCUT2D eigenvalue weighted by atomic mass is 10.1. The molecule has 0 saturated carbocycles. The summed E-state index contributed by atoms with van der Waals surface area (Å²) < 4.78 is 9.28. The first-order valence-electron chi connectivity index (χ1n) is 5.25. The Bertz CT molecular complexity index is 471. The summed E-state index contributed by atoms with van der Waals surface area (Å²) in [6.07, 6.45) is 0. The van der Waals surface area contributed by atoms with Gasteiger partial charge < -0.3 is 14.6 Å². The normalized spacial score (nSPS) is 12.1. The van der Waals surface area contributed by atoms with Crippen LogP contribution in [0.15, 0.2) is 24.3 Å². The van der Waals surface area contributed by atoms with Crippen LogP contribution in [0.1, 0.15) is 12.5 Å². The van der Waals surface area contributed by atoms with Gasteiger partial charge >= 0.3 is 5.97 Å². The highest BCUT2D eigenvalue weighted by atomic mass is 16.5. The van der Waals surface area contributed by atoms with Crippen LogP contribution < -0.4 is 4.74 Å². The molecule has 6 nitrogen and oxygen atoms in total. The molecule has 1 aliphatic heterocycles. The smallest absolute Gasteiger partial charge is 0.302 e. The predicted octanol–water partition coefficient (Wildman–Crippen LogP) is 0.966. The second-order valence-electron chi connectivity index (χ2n) is 3.37. The van der Waals surface area contributed by atoms with Crippen LogP contribution in [0, 0.1) is 10.8 Å². The summed E-state index contributed by atoms with van der Waals surface area (Å²) in [6, 6.07) is 7.19. The predicted molar refractivity (Wildman–Crippen MR) is 65.3 cm³/mol. The van der Waals surface area contributed by atoms with Crippen molar-refractivity contribution in [2.45, 2.75) is 6.92 Å². The molecule has 1 aliphatic rings. The molecule has 0 unspecified atom stereocenters. The SMILES string of the molecule is CC(=O)OCCO.N=C1Oc2ccccc2C1=N. The highest BCUT2D eigenvalue weighted by molar-refractivity contribution is 6.46.